The molecular weight excluding hydrogens is 873 g/mol. The molecule has 0 radical (unpaired) electrons. The van der Waals surface area contributed by atoms with E-state index in [9.17, 15) is 40.5 Å². The quantitative estimate of drug-likeness (QED) is 0.0173. The molecule has 0 saturated carbocycles. The van der Waals surface area contributed by atoms with E-state index in [1.807, 2.05) is 0 Å². The highest BCUT2D eigenvalue weighted by Gasteiger charge is 2.47. The second kappa shape index (κ2) is 42.0. The van der Waals surface area contributed by atoms with E-state index in [0.717, 1.165) is 44.9 Å². The number of hydrogen-bond donors (Lipinski definition) is 7. The molecule has 68 heavy (non-hydrogen) atoms. The number of rotatable bonds is 44. The number of carbonyl (C=O) groups is 1. The molecule has 0 amide bonds. The summed E-state index contributed by atoms with van der Waals surface area (Å²) in [6.45, 7) is 3.69. The number of ether oxygens (including phenoxy) is 6. The maximum absolute atomic E-state index is 13.0. The van der Waals surface area contributed by atoms with Gasteiger partial charge in [-0.2, -0.15) is 0 Å². The van der Waals surface area contributed by atoms with Crippen molar-refractivity contribution in [3.8, 4) is 0 Å². The van der Waals surface area contributed by atoms with Gasteiger partial charge in [0, 0.05) is 13.0 Å². The Morgan fingerprint density at radius 3 is 1.41 bits per heavy atom. The minimum atomic E-state index is -1.70. The van der Waals surface area contributed by atoms with Gasteiger partial charge in [-0.05, 0) is 44.9 Å². The first-order chi connectivity index (χ1) is 33.1. The van der Waals surface area contributed by atoms with Crippen LogP contribution in [0.3, 0.4) is 0 Å². The molecule has 400 valence electrons. The molecule has 0 aromatic heterocycles. The molecule has 0 bridgehead atoms. The molecule has 14 heteroatoms. The van der Waals surface area contributed by atoms with Gasteiger partial charge < -0.3 is 64.2 Å². The highest BCUT2D eigenvalue weighted by molar-refractivity contribution is 5.69. The van der Waals surface area contributed by atoms with Crippen LogP contribution in [0, 0.1) is 0 Å². The number of carbonyl (C=O) groups excluding carboxylic acids is 1. The summed E-state index contributed by atoms with van der Waals surface area (Å²) in [7, 11) is 0. The summed E-state index contributed by atoms with van der Waals surface area (Å²) in [5.41, 5.74) is 0. The van der Waals surface area contributed by atoms with Crippen molar-refractivity contribution in [2.75, 3.05) is 33.0 Å². The molecule has 2 aliphatic rings. The van der Waals surface area contributed by atoms with Crippen LogP contribution in [0.5, 0.6) is 0 Å². The molecule has 7 N–H and O–H groups in total. The number of aliphatic hydroxyl groups excluding tert-OH is 7. The zero-order valence-corrected chi connectivity index (χ0v) is 42.6. The lowest BCUT2D eigenvalue weighted by molar-refractivity contribution is -0.332. The Hall–Kier alpha value is -1.53. The zero-order chi connectivity index (χ0) is 49.5. The van der Waals surface area contributed by atoms with Gasteiger partial charge in [0.15, 0.2) is 12.6 Å². The predicted molar refractivity (Wildman–Crippen MR) is 266 cm³/mol. The molecule has 2 rings (SSSR count). The van der Waals surface area contributed by atoms with Gasteiger partial charge in [0.2, 0.25) is 0 Å². The molecule has 0 aromatic rings. The first-order valence-corrected chi connectivity index (χ1v) is 27.4. The van der Waals surface area contributed by atoms with Gasteiger partial charge in [0.25, 0.3) is 0 Å². The van der Waals surface area contributed by atoms with Gasteiger partial charge in [-0.25, -0.2) is 0 Å². The van der Waals surface area contributed by atoms with Gasteiger partial charge in [-0.1, -0.05) is 186 Å². The molecule has 2 heterocycles. The van der Waals surface area contributed by atoms with Crippen molar-refractivity contribution in [3.05, 3.63) is 24.3 Å². The fourth-order valence-electron chi connectivity index (χ4n) is 8.73. The van der Waals surface area contributed by atoms with Crippen LogP contribution in [0.15, 0.2) is 24.3 Å². The Labute approximate surface area is 411 Å². The lowest BCUT2D eigenvalue weighted by atomic mass is 9.98. The molecular formula is C54H100O14. The third-order valence-corrected chi connectivity index (χ3v) is 13.2. The van der Waals surface area contributed by atoms with E-state index in [1.54, 1.807) is 0 Å². The van der Waals surface area contributed by atoms with E-state index in [2.05, 4.69) is 38.2 Å². The summed E-state index contributed by atoms with van der Waals surface area (Å²) >= 11 is 0. The second-order valence-electron chi connectivity index (χ2n) is 19.4. The number of allylic oxidation sites excluding steroid dienone is 4. The number of esters is 1. The van der Waals surface area contributed by atoms with Crippen molar-refractivity contribution in [1.29, 1.82) is 0 Å². The van der Waals surface area contributed by atoms with Crippen molar-refractivity contribution < 1.29 is 69.0 Å². The van der Waals surface area contributed by atoms with Crippen LogP contribution in [-0.2, 0) is 33.2 Å². The van der Waals surface area contributed by atoms with E-state index in [1.165, 1.54) is 141 Å². The summed E-state index contributed by atoms with van der Waals surface area (Å²) < 4.78 is 34.3. The lowest BCUT2D eigenvalue weighted by Gasteiger charge is -2.42. The third-order valence-electron chi connectivity index (χ3n) is 13.2. The van der Waals surface area contributed by atoms with Crippen LogP contribution in [-0.4, -0.2) is 142 Å². The first kappa shape index (κ1) is 62.6. The number of unbranched alkanes of at least 4 members (excludes halogenated alkanes) is 26. The monoisotopic (exact) mass is 973 g/mol. The Morgan fingerprint density at radius 2 is 0.912 bits per heavy atom. The van der Waals surface area contributed by atoms with E-state index >= 15 is 0 Å². The molecule has 0 spiro atoms. The minimum absolute atomic E-state index is 0.0634. The Morgan fingerprint density at radius 1 is 0.485 bits per heavy atom. The van der Waals surface area contributed by atoms with Crippen LogP contribution >= 0.6 is 0 Å². The molecule has 14 nitrogen and oxygen atoms in total. The highest BCUT2D eigenvalue weighted by atomic mass is 16.7. The SMILES string of the molecule is CCCCCCC/C=C\C/C=C\CCCCCCCCCCCCOCC(COC1OC(COC2OC(CO)C(O)C(O)C2O)C(O)C(O)C1O)OC(=O)CCCCCCCCCCCCCC. The average Bonchev–Trinajstić information content (AvgIpc) is 3.33. The Kier molecular flexibility index (Phi) is 38.7. The fourth-order valence-corrected chi connectivity index (χ4v) is 8.73. The molecule has 11 atom stereocenters. The van der Waals surface area contributed by atoms with Gasteiger partial charge in [-0.3, -0.25) is 4.79 Å². The van der Waals surface area contributed by atoms with Crippen molar-refractivity contribution in [1.82, 2.24) is 0 Å². The summed E-state index contributed by atoms with van der Waals surface area (Å²) in [6.07, 6.45) is 29.6. The zero-order valence-electron chi connectivity index (χ0n) is 42.6. The maximum Gasteiger partial charge on any atom is 0.306 e. The van der Waals surface area contributed by atoms with Gasteiger partial charge in [-0.15, -0.1) is 0 Å². The fraction of sp³-hybridized carbons (Fsp3) is 0.907. The topological polar surface area (TPSA) is 214 Å². The third kappa shape index (κ3) is 29.1. The first-order valence-electron chi connectivity index (χ1n) is 27.4. The molecule has 2 aliphatic heterocycles. The summed E-state index contributed by atoms with van der Waals surface area (Å²) in [5, 5.41) is 72.2. The largest absolute Gasteiger partial charge is 0.457 e. The second-order valence-corrected chi connectivity index (χ2v) is 19.4. The highest BCUT2D eigenvalue weighted by Crippen LogP contribution is 2.26. The maximum atomic E-state index is 13.0. The summed E-state index contributed by atoms with van der Waals surface area (Å²) in [6, 6.07) is 0. The standard InChI is InChI=1S/C54H100O14/c1-3-5-7-9-11-13-15-17-18-19-20-21-22-23-24-25-26-28-30-32-34-36-38-63-40-43(66-46(56)37-35-33-31-29-27-16-14-12-10-8-6-4-2)41-64-53-52(62)50(60)48(58)45(68-53)42-65-54-51(61)49(59)47(57)44(39-55)67-54/h15,17,19-20,43-45,47-55,57-62H,3-14,16,18,21-42H2,1-2H3/b17-15-,20-19-. The van der Waals surface area contributed by atoms with E-state index in [0.29, 0.717) is 13.0 Å². The average molecular weight is 973 g/mol. The Balaban J connectivity index is 1.71. The summed E-state index contributed by atoms with van der Waals surface area (Å²) in [5.74, 6) is -0.375. The Bertz CT molecular complexity index is 1220. The van der Waals surface area contributed by atoms with Crippen LogP contribution in [0.2, 0.25) is 0 Å². The van der Waals surface area contributed by atoms with Crippen molar-refractivity contribution >= 4 is 5.97 Å². The lowest BCUT2D eigenvalue weighted by Crippen LogP contribution is -2.61. The van der Waals surface area contributed by atoms with Crippen LogP contribution < -0.4 is 0 Å². The normalized spacial score (nSPS) is 26.0. The van der Waals surface area contributed by atoms with E-state index in [-0.39, 0.29) is 25.6 Å². The van der Waals surface area contributed by atoms with Crippen molar-refractivity contribution in [2.24, 2.45) is 0 Å². The molecule has 2 fully saturated rings. The van der Waals surface area contributed by atoms with Crippen LogP contribution in [0.1, 0.15) is 213 Å². The molecule has 0 aromatic carbocycles. The minimum Gasteiger partial charge on any atom is -0.457 e. The number of aliphatic hydroxyl groups is 7. The number of hydrogen-bond acceptors (Lipinski definition) is 14. The van der Waals surface area contributed by atoms with Gasteiger partial charge in [0.05, 0.1) is 26.4 Å². The van der Waals surface area contributed by atoms with E-state index < -0.39 is 80.7 Å². The predicted octanol–water partition coefficient (Wildman–Crippen LogP) is 8.80. The molecule has 11 unspecified atom stereocenters. The smallest absolute Gasteiger partial charge is 0.306 e. The molecule has 0 aliphatic carbocycles. The van der Waals surface area contributed by atoms with Gasteiger partial charge in [0.1, 0.15) is 54.9 Å². The van der Waals surface area contributed by atoms with E-state index in [4.69, 9.17) is 28.4 Å². The van der Waals surface area contributed by atoms with Crippen LogP contribution in [0.4, 0.5) is 0 Å². The van der Waals surface area contributed by atoms with Gasteiger partial charge >= 0.3 is 5.97 Å². The van der Waals surface area contributed by atoms with Crippen molar-refractivity contribution in [2.45, 2.75) is 280 Å². The van der Waals surface area contributed by atoms with Crippen LogP contribution in [0.25, 0.3) is 0 Å². The summed E-state index contributed by atoms with van der Waals surface area (Å²) in [4.78, 5) is 13.0. The van der Waals surface area contributed by atoms with Crippen molar-refractivity contribution in [3.63, 3.8) is 0 Å². The molecule has 2 saturated heterocycles.